The number of hydrogen-bond donors (Lipinski definition) is 1. The Labute approximate surface area is 218 Å². The molecule has 11 heteroatoms. The Morgan fingerprint density at radius 3 is 2.34 bits per heavy atom. The van der Waals surface area contributed by atoms with Gasteiger partial charge < -0.3 is 9.30 Å². The number of aromatic amines is 1. The molecule has 0 atom stereocenters. The fourth-order valence-corrected chi connectivity index (χ4v) is 4.76. The molecule has 0 aliphatic heterocycles. The predicted octanol–water partition coefficient (Wildman–Crippen LogP) is 3.04. The number of methoxy groups -OCH3 is 1. The minimum Gasteiger partial charge on any atom is -0.383 e. The summed E-state index contributed by atoms with van der Waals surface area (Å²) in [6.45, 7) is 7.24. The van der Waals surface area contributed by atoms with E-state index < -0.39 is 0 Å². The summed E-state index contributed by atoms with van der Waals surface area (Å²) in [5, 5.41) is 14.3. The van der Waals surface area contributed by atoms with Crippen LogP contribution in [-0.4, -0.2) is 53.0 Å². The maximum absolute atomic E-state index is 13.5. The van der Waals surface area contributed by atoms with E-state index in [0.29, 0.717) is 36.7 Å². The van der Waals surface area contributed by atoms with Gasteiger partial charge >= 0.3 is 5.69 Å². The highest BCUT2D eigenvalue weighted by molar-refractivity contribution is 5.80. The average Bonchev–Trinajstić information content (AvgIpc) is 3.59. The van der Waals surface area contributed by atoms with Crippen molar-refractivity contribution in [3.8, 4) is 22.5 Å². The molecule has 0 saturated carbocycles. The van der Waals surface area contributed by atoms with Gasteiger partial charge in [0.25, 0.3) is 5.56 Å². The monoisotopic (exact) mass is 514 g/mol. The largest absolute Gasteiger partial charge is 0.383 e. The zero-order valence-corrected chi connectivity index (χ0v) is 21.9. The first-order chi connectivity index (χ1) is 18.4. The molecule has 38 heavy (non-hydrogen) atoms. The number of aromatic nitrogens is 8. The van der Waals surface area contributed by atoms with Crippen molar-refractivity contribution in [3.63, 3.8) is 0 Å². The van der Waals surface area contributed by atoms with Gasteiger partial charge in [0.1, 0.15) is 5.82 Å². The topological polar surface area (TPSA) is 126 Å². The highest BCUT2D eigenvalue weighted by atomic mass is 16.5. The van der Waals surface area contributed by atoms with E-state index in [1.54, 1.807) is 18.6 Å². The van der Waals surface area contributed by atoms with Crippen LogP contribution in [0.2, 0.25) is 0 Å². The third kappa shape index (κ3) is 4.45. The summed E-state index contributed by atoms with van der Waals surface area (Å²) in [5.74, 6) is 1.40. The smallest absolute Gasteiger partial charge is 0.332 e. The van der Waals surface area contributed by atoms with Gasteiger partial charge in [-0.1, -0.05) is 62.4 Å². The summed E-state index contributed by atoms with van der Waals surface area (Å²) in [4.78, 5) is 31.4. The van der Waals surface area contributed by atoms with E-state index in [4.69, 9.17) is 9.72 Å². The number of hydrogen-bond acceptors (Lipinski definition) is 7. The molecular weight excluding hydrogens is 484 g/mol. The maximum atomic E-state index is 13.5. The summed E-state index contributed by atoms with van der Waals surface area (Å²) in [7, 11) is 1.58. The van der Waals surface area contributed by atoms with Crippen molar-refractivity contribution in [1.82, 2.24) is 39.3 Å². The van der Waals surface area contributed by atoms with Crippen LogP contribution < -0.4 is 11.2 Å². The van der Waals surface area contributed by atoms with Crippen LogP contribution in [0.4, 0.5) is 0 Å². The number of nitrogens with zero attached hydrogens (tertiary/aromatic N) is 7. The van der Waals surface area contributed by atoms with E-state index in [0.717, 1.165) is 28.1 Å². The first kappa shape index (κ1) is 25.3. The Morgan fingerprint density at radius 1 is 0.974 bits per heavy atom. The summed E-state index contributed by atoms with van der Waals surface area (Å²) in [6, 6.07) is 16.1. The Kier molecular flexibility index (Phi) is 7.01. The summed E-state index contributed by atoms with van der Waals surface area (Å²) >= 11 is 0. The van der Waals surface area contributed by atoms with Gasteiger partial charge in [-0.15, -0.1) is 5.10 Å². The summed E-state index contributed by atoms with van der Waals surface area (Å²) in [6.07, 6.45) is 0. The second-order valence-corrected chi connectivity index (χ2v) is 9.35. The Balaban J connectivity index is 1.59. The third-order valence-electron chi connectivity index (χ3n) is 6.63. The first-order valence-electron chi connectivity index (χ1n) is 12.6. The Bertz CT molecular complexity index is 1680. The Hall–Kier alpha value is -4.38. The number of imidazole rings is 1. The lowest BCUT2D eigenvalue weighted by Gasteiger charge is -2.14. The van der Waals surface area contributed by atoms with E-state index in [2.05, 4.69) is 20.6 Å². The van der Waals surface area contributed by atoms with Crippen molar-refractivity contribution in [2.24, 2.45) is 0 Å². The predicted molar refractivity (Wildman–Crippen MR) is 144 cm³/mol. The molecule has 2 aromatic carbocycles. The molecule has 0 fully saturated rings. The molecule has 0 radical (unpaired) electrons. The SMILES string of the molecule is CCn1c(=O)c2c(nc(C(C)C)n2Cc2ccc(-c3ccccc3-c3nnn[nH]3)cc2)n(CCOC)c1=O. The van der Waals surface area contributed by atoms with Crippen molar-refractivity contribution < 1.29 is 4.74 Å². The number of benzene rings is 2. The van der Waals surface area contributed by atoms with Crippen molar-refractivity contribution in [2.45, 2.75) is 46.3 Å². The molecule has 5 aromatic rings. The van der Waals surface area contributed by atoms with E-state index in [1.807, 2.05) is 66.9 Å². The van der Waals surface area contributed by atoms with Crippen LogP contribution in [0, 0.1) is 0 Å². The van der Waals surface area contributed by atoms with Crippen LogP contribution >= 0.6 is 0 Å². The molecule has 0 aliphatic carbocycles. The molecular formula is C27H30N8O3. The number of rotatable bonds is 9. The quantitative estimate of drug-likeness (QED) is 0.320. The van der Waals surface area contributed by atoms with Gasteiger partial charge in [-0.2, -0.15) is 0 Å². The van der Waals surface area contributed by atoms with Crippen molar-refractivity contribution >= 4 is 11.2 Å². The van der Waals surface area contributed by atoms with Gasteiger partial charge in [-0.3, -0.25) is 13.9 Å². The van der Waals surface area contributed by atoms with E-state index in [-0.39, 0.29) is 23.7 Å². The van der Waals surface area contributed by atoms with E-state index in [1.165, 1.54) is 4.57 Å². The lowest BCUT2D eigenvalue weighted by atomic mass is 9.98. The van der Waals surface area contributed by atoms with Crippen LogP contribution in [-0.2, 0) is 24.4 Å². The molecule has 0 bridgehead atoms. The molecule has 3 aromatic heterocycles. The fraction of sp³-hybridized carbons (Fsp3) is 0.333. The second kappa shape index (κ2) is 10.5. The summed E-state index contributed by atoms with van der Waals surface area (Å²) in [5.41, 5.74) is 4.06. The molecule has 196 valence electrons. The number of ether oxygens (including phenoxy) is 1. The fourth-order valence-electron chi connectivity index (χ4n) is 4.76. The van der Waals surface area contributed by atoms with Crippen molar-refractivity contribution in [1.29, 1.82) is 0 Å². The molecule has 0 spiro atoms. The van der Waals surface area contributed by atoms with Crippen molar-refractivity contribution in [3.05, 3.63) is 80.8 Å². The number of H-pyrrole nitrogens is 1. The van der Waals surface area contributed by atoms with Gasteiger partial charge in [0.05, 0.1) is 13.2 Å². The van der Waals surface area contributed by atoms with Crippen LogP contribution in [0.5, 0.6) is 0 Å². The van der Waals surface area contributed by atoms with Gasteiger partial charge in [-0.25, -0.2) is 14.9 Å². The molecule has 1 N–H and O–H groups in total. The minimum absolute atomic E-state index is 0.0459. The highest BCUT2D eigenvalue weighted by Gasteiger charge is 2.22. The normalized spacial score (nSPS) is 11.6. The van der Waals surface area contributed by atoms with Crippen LogP contribution in [0.1, 0.15) is 38.1 Å². The first-order valence-corrected chi connectivity index (χ1v) is 12.6. The van der Waals surface area contributed by atoms with Crippen LogP contribution in [0.3, 0.4) is 0 Å². The lowest BCUT2D eigenvalue weighted by molar-refractivity contribution is 0.186. The minimum atomic E-state index is -0.369. The lowest BCUT2D eigenvalue weighted by Crippen LogP contribution is -2.40. The van der Waals surface area contributed by atoms with Crippen molar-refractivity contribution in [2.75, 3.05) is 13.7 Å². The molecule has 0 aliphatic rings. The molecule has 0 amide bonds. The highest BCUT2D eigenvalue weighted by Crippen LogP contribution is 2.30. The van der Waals surface area contributed by atoms with Gasteiger partial charge in [-0.05, 0) is 34.0 Å². The van der Waals surface area contributed by atoms with Gasteiger partial charge in [0, 0.05) is 31.7 Å². The average molecular weight is 515 g/mol. The number of fused-ring (bicyclic) bond motifs is 1. The zero-order valence-electron chi connectivity index (χ0n) is 21.9. The van der Waals surface area contributed by atoms with Gasteiger partial charge in [0.15, 0.2) is 17.0 Å². The third-order valence-corrected chi connectivity index (χ3v) is 6.63. The maximum Gasteiger partial charge on any atom is 0.332 e. The van der Waals surface area contributed by atoms with E-state index >= 15 is 0 Å². The molecule has 3 heterocycles. The number of nitrogens with one attached hydrogen (secondary N) is 1. The molecule has 11 nitrogen and oxygen atoms in total. The van der Waals surface area contributed by atoms with E-state index in [9.17, 15) is 9.59 Å². The molecule has 0 unspecified atom stereocenters. The standard InChI is InChI=1S/C27H30N8O3/c1-5-33-26(36)22-25(34(27(33)37)14-15-38-4)28-24(17(2)3)35(22)16-18-10-12-19(13-11-18)20-8-6-7-9-21(20)23-29-31-32-30-23/h6-13,17H,5,14-16H2,1-4H3,(H,29,30,31,32). The van der Waals surface area contributed by atoms with Crippen LogP contribution in [0.25, 0.3) is 33.7 Å². The Morgan fingerprint density at radius 2 is 1.71 bits per heavy atom. The second-order valence-electron chi connectivity index (χ2n) is 9.35. The number of tetrazole rings is 1. The molecule has 5 rings (SSSR count). The summed E-state index contributed by atoms with van der Waals surface area (Å²) < 4.78 is 9.97. The zero-order chi connectivity index (χ0) is 26.8. The van der Waals surface area contributed by atoms with Crippen LogP contribution in [0.15, 0.2) is 58.1 Å². The van der Waals surface area contributed by atoms with Gasteiger partial charge in [0.2, 0.25) is 0 Å². The molecule has 0 saturated heterocycles.